The molecule has 6 rings (SSSR count). The molecule has 0 saturated carbocycles. The molecule has 0 radical (unpaired) electrons. The zero-order valence-corrected chi connectivity index (χ0v) is 20.5. The number of amides is 1. The molecule has 1 saturated heterocycles. The zero-order chi connectivity index (χ0) is 25.2. The van der Waals surface area contributed by atoms with E-state index in [1.54, 1.807) is 18.0 Å². The van der Waals surface area contributed by atoms with Gasteiger partial charge in [0.25, 0.3) is 5.91 Å². The standard InChI is InChI=1S/C29H27N5O3/c1-36-22-12-9-20(10-13-22)27-23(18-34(33-27)17-19-6-3-2-4-7-19)29(35)30-21-11-14-24-25(16-21)32-28(31-24)26-8-5-15-37-26/h2-4,6-7,9-14,16,18,26H,5,8,15,17H2,1H3,(H,30,35)(H,31,32). The molecule has 0 spiro atoms. The van der Waals surface area contributed by atoms with Gasteiger partial charge < -0.3 is 19.8 Å². The summed E-state index contributed by atoms with van der Waals surface area (Å²) in [7, 11) is 1.63. The number of nitrogens with one attached hydrogen (secondary N) is 2. The Labute approximate surface area is 214 Å². The van der Waals surface area contributed by atoms with Crippen molar-refractivity contribution in [2.24, 2.45) is 0 Å². The number of carbonyl (C=O) groups excluding carboxylic acids is 1. The van der Waals surface area contributed by atoms with Crippen LogP contribution in [-0.2, 0) is 11.3 Å². The van der Waals surface area contributed by atoms with E-state index in [2.05, 4.69) is 15.3 Å². The lowest BCUT2D eigenvalue weighted by molar-refractivity contribution is 0.102. The molecule has 186 valence electrons. The van der Waals surface area contributed by atoms with Gasteiger partial charge in [0.05, 0.1) is 30.3 Å². The number of ether oxygens (including phenoxy) is 2. The Hall–Kier alpha value is -4.43. The first-order valence-corrected chi connectivity index (χ1v) is 12.3. The van der Waals surface area contributed by atoms with Crippen LogP contribution in [0.2, 0.25) is 0 Å². The molecule has 3 heterocycles. The normalized spacial score (nSPS) is 15.2. The average molecular weight is 494 g/mol. The van der Waals surface area contributed by atoms with Crippen molar-refractivity contribution in [2.45, 2.75) is 25.5 Å². The van der Waals surface area contributed by atoms with E-state index in [1.165, 1.54) is 0 Å². The average Bonchev–Trinajstić information content (AvgIpc) is 3.69. The molecule has 2 N–H and O–H groups in total. The maximum Gasteiger partial charge on any atom is 0.259 e. The van der Waals surface area contributed by atoms with Gasteiger partial charge in [-0.3, -0.25) is 9.48 Å². The fraction of sp³-hybridized carbons (Fsp3) is 0.207. The van der Waals surface area contributed by atoms with Crippen LogP contribution < -0.4 is 10.1 Å². The molecule has 0 bridgehead atoms. The highest BCUT2D eigenvalue weighted by atomic mass is 16.5. The predicted octanol–water partition coefficient (Wildman–Crippen LogP) is 5.59. The third-order valence-electron chi connectivity index (χ3n) is 6.55. The number of imidazole rings is 1. The second kappa shape index (κ2) is 9.91. The first kappa shape index (κ1) is 23.0. The molecule has 8 nitrogen and oxygen atoms in total. The second-order valence-corrected chi connectivity index (χ2v) is 9.11. The van der Waals surface area contributed by atoms with Crippen LogP contribution in [0.25, 0.3) is 22.3 Å². The molecule has 1 fully saturated rings. The Kier molecular flexibility index (Phi) is 6.16. The predicted molar refractivity (Wildman–Crippen MR) is 142 cm³/mol. The topological polar surface area (TPSA) is 94.1 Å². The molecule has 5 aromatic rings. The van der Waals surface area contributed by atoms with E-state index < -0.39 is 0 Å². The second-order valence-electron chi connectivity index (χ2n) is 9.11. The van der Waals surface area contributed by atoms with Gasteiger partial charge in [0.15, 0.2) is 0 Å². The summed E-state index contributed by atoms with van der Waals surface area (Å²) in [5.41, 5.74) is 5.42. The fourth-order valence-electron chi connectivity index (χ4n) is 4.65. The van der Waals surface area contributed by atoms with Gasteiger partial charge in [0, 0.05) is 24.1 Å². The van der Waals surface area contributed by atoms with Crippen molar-refractivity contribution in [3.63, 3.8) is 0 Å². The lowest BCUT2D eigenvalue weighted by Crippen LogP contribution is -2.12. The monoisotopic (exact) mass is 493 g/mol. The number of hydrogen-bond acceptors (Lipinski definition) is 5. The summed E-state index contributed by atoms with van der Waals surface area (Å²) < 4.78 is 12.9. The minimum atomic E-state index is -0.233. The molecule has 3 aromatic carbocycles. The molecular weight excluding hydrogens is 466 g/mol. The van der Waals surface area contributed by atoms with Gasteiger partial charge >= 0.3 is 0 Å². The maximum atomic E-state index is 13.5. The third kappa shape index (κ3) is 4.83. The van der Waals surface area contributed by atoms with Crippen molar-refractivity contribution in [1.29, 1.82) is 0 Å². The summed E-state index contributed by atoms with van der Waals surface area (Å²) in [4.78, 5) is 21.5. The summed E-state index contributed by atoms with van der Waals surface area (Å²) in [6.07, 6.45) is 3.81. The van der Waals surface area contributed by atoms with Gasteiger partial charge in [-0.1, -0.05) is 30.3 Å². The van der Waals surface area contributed by atoms with Gasteiger partial charge in [-0.15, -0.1) is 0 Å². The van der Waals surface area contributed by atoms with Gasteiger partial charge in [-0.2, -0.15) is 5.10 Å². The van der Waals surface area contributed by atoms with E-state index in [-0.39, 0.29) is 12.0 Å². The van der Waals surface area contributed by atoms with Crippen molar-refractivity contribution in [2.75, 3.05) is 19.0 Å². The number of rotatable bonds is 7. The van der Waals surface area contributed by atoms with E-state index in [9.17, 15) is 4.79 Å². The Morgan fingerprint density at radius 1 is 1.14 bits per heavy atom. The minimum Gasteiger partial charge on any atom is -0.497 e. The number of hydrogen-bond donors (Lipinski definition) is 2. The molecule has 1 amide bonds. The minimum absolute atomic E-state index is 0.00736. The number of benzene rings is 3. The van der Waals surface area contributed by atoms with Crippen LogP contribution in [0, 0.1) is 0 Å². The van der Waals surface area contributed by atoms with Crippen LogP contribution in [0.1, 0.15) is 40.7 Å². The molecule has 2 aromatic heterocycles. The number of carbonyl (C=O) groups is 1. The van der Waals surface area contributed by atoms with E-state index in [4.69, 9.17) is 14.6 Å². The van der Waals surface area contributed by atoms with Gasteiger partial charge in [0.2, 0.25) is 0 Å². The molecule has 1 unspecified atom stereocenters. The van der Waals surface area contributed by atoms with Crippen molar-refractivity contribution in [3.8, 4) is 17.0 Å². The largest absolute Gasteiger partial charge is 0.497 e. The summed E-state index contributed by atoms with van der Waals surface area (Å²) in [6.45, 7) is 1.32. The van der Waals surface area contributed by atoms with Crippen LogP contribution >= 0.6 is 0 Å². The number of H-pyrrole nitrogens is 1. The molecule has 1 aliphatic heterocycles. The molecule has 8 heteroatoms. The van der Waals surface area contributed by atoms with Crippen LogP contribution in [0.4, 0.5) is 5.69 Å². The highest BCUT2D eigenvalue weighted by Gasteiger charge is 2.22. The third-order valence-corrected chi connectivity index (χ3v) is 6.55. The Bertz CT molecular complexity index is 1530. The summed E-state index contributed by atoms with van der Waals surface area (Å²) in [5, 5.41) is 7.82. The van der Waals surface area contributed by atoms with E-state index >= 15 is 0 Å². The smallest absolute Gasteiger partial charge is 0.259 e. The molecule has 37 heavy (non-hydrogen) atoms. The fourth-order valence-corrected chi connectivity index (χ4v) is 4.65. The molecule has 0 aliphatic carbocycles. The SMILES string of the molecule is COc1ccc(-c2nn(Cc3ccccc3)cc2C(=O)Nc2ccc3nc(C4CCCO4)[nH]c3c2)cc1. The van der Waals surface area contributed by atoms with E-state index in [0.717, 1.165) is 53.2 Å². The summed E-state index contributed by atoms with van der Waals surface area (Å²) in [5.74, 6) is 1.34. The van der Waals surface area contributed by atoms with Gasteiger partial charge in [-0.05, 0) is 60.9 Å². The zero-order valence-electron chi connectivity index (χ0n) is 20.5. The lowest BCUT2D eigenvalue weighted by atomic mass is 10.1. The number of aromatic nitrogens is 4. The molecule has 1 atom stereocenters. The number of aromatic amines is 1. The summed E-state index contributed by atoms with van der Waals surface area (Å²) in [6, 6.07) is 23.3. The number of anilines is 1. The molecule has 1 aliphatic rings. The Morgan fingerprint density at radius 3 is 2.73 bits per heavy atom. The van der Waals surface area contributed by atoms with Crippen molar-refractivity contribution >= 4 is 22.6 Å². The number of nitrogens with zero attached hydrogens (tertiary/aromatic N) is 3. The Morgan fingerprint density at radius 2 is 1.97 bits per heavy atom. The number of methoxy groups -OCH3 is 1. The van der Waals surface area contributed by atoms with Gasteiger partial charge in [-0.25, -0.2) is 4.98 Å². The van der Waals surface area contributed by atoms with Crippen LogP contribution in [0.15, 0.2) is 79.0 Å². The first-order chi connectivity index (χ1) is 18.2. The van der Waals surface area contributed by atoms with Crippen LogP contribution in [-0.4, -0.2) is 39.4 Å². The molecular formula is C29H27N5O3. The van der Waals surface area contributed by atoms with Crippen molar-refractivity contribution < 1.29 is 14.3 Å². The van der Waals surface area contributed by atoms with Crippen LogP contribution in [0.5, 0.6) is 5.75 Å². The van der Waals surface area contributed by atoms with E-state index in [0.29, 0.717) is 23.5 Å². The highest BCUT2D eigenvalue weighted by molar-refractivity contribution is 6.08. The van der Waals surface area contributed by atoms with Crippen molar-refractivity contribution in [1.82, 2.24) is 19.7 Å². The van der Waals surface area contributed by atoms with Crippen molar-refractivity contribution in [3.05, 3.63) is 95.9 Å². The highest BCUT2D eigenvalue weighted by Crippen LogP contribution is 2.29. The number of fused-ring (bicyclic) bond motifs is 1. The lowest BCUT2D eigenvalue weighted by Gasteiger charge is -2.06. The van der Waals surface area contributed by atoms with E-state index in [1.807, 2.05) is 72.8 Å². The van der Waals surface area contributed by atoms with Gasteiger partial charge in [0.1, 0.15) is 23.4 Å². The van der Waals surface area contributed by atoms with Crippen LogP contribution in [0.3, 0.4) is 0 Å². The first-order valence-electron chi connectivity index (χ1n) is 12.3. The maximum absolute atomic E-state index is 13.5. The quantitative estimate of drug-likeness (QED) is 0.308. The summed E-state index contributed by atoms with van der Waals surface area (Å²) >= 11 is 0. The Balaban J connectivity index is 1.30.